The van der Waals surface area contributed by atoms with E-state index >= 15 is 0 Å². The second-order valence-electron chi connectivity index (χ2n) is 7.18. The molecule has 0 aromatic carbocycles. The summed E-state index contributed by atoms with van der Waals surface area (Å²) < 4.78 is 13.1. The summed E-state index contributed by atoms with van der Waals surface area (Å²) in [6.07, 6.45) is 7.46. The molecule has 1 amide bonds. The topological polar surface area (TPSA) is 63.7 Å². The molecule has 0 spiro atoms. The molecule has 2 aromatic rings. The SMILES string of the molecule is Cn1ccnc1C1CCCN(C(=O)c2coc(CN3CCOCC3)c2)C1. The summed E-state index contributed by atoms with van der Waals surface area (Å²) >= 11 is 0. The standard InChI is InChI=1S/C19H26N4O3/c1-21-6-4-20-18(21)15-3-2-5-23(12-15)19(24)16-11-17(26-14-16)13-22-7-9-25-10-8-22/h4,6,11,14-15H,2-3,5,7-10,12-13H2,1H3. The number of carbonyl (C=O) groups is 1. The van der Waals surface area contributed by atoms with Crippen molar-refractivity contribution in [2.45, 2.75) is 25.3 Å². The van der Waals surface area contributed by atoms with E-state index in [2.05, 4.69) is 14.5 Å². The molecule has 0 N–H and O–H groups in total. The van der Waals surface area contributed by atoms with Gasteiger partial charge >= 0.3 is 0 Å². The molecule has 2 fully saturated rings. The second kappa shape index (κ2) is 7.63. The number of rotatable bonds is 4. The number of likely N-dealkylation sites (tertiary alicyclic amines) is 1. The Morgan fingerprint density at radius 3 is 2.92 bits per heavy atom. The summed E-state index contributed by atoms with van der Waals surface area (Å²) in [4.78, 5) is 21.6. The highest BCUT2D eigenvalue weighted by Crippen LogP contribution is 2.26. The van der Waals surface area contributed by atoms with Crippen molar-refractivity contribution in [3.05, 3.63) is 41.9 Å². The number of aromatic nitrogens is 2. The van der Waals surface area contributed by atoms with E-state index in [1.54, 1.807) is 6.26 Å². The van der Waals surface area contributed by atoms with Crippen LogP contribution >= 0.6 is 0 Å². The maximum atomic E-state index is 12.9. The molecule has 7 heteroatoms. The molecular weight excluding hydrogens is 332 g/mol. The van der Waals surface area contributed by atoms with E-state index in [1.807, 2.05) is 30.4 Å². The second-order valence-corrected chi connectivity index (χ2v) is 7.18. The molecule has 2 aliphatic rings. The quantitative estimate of drug-likeness (QED) is 0.835. The fourth-order valence-electron chi connectivity index (χ4n) is 3.88. The predicted octanol–water partition coefficient (Wildman–Crippen LogP) is 1.87. The molecule has 26 heavy (non-hydrogen) atoms. The Kier molecular flexibility index (Phi) is 5.08. The number of carbonyl (C=O) groups excluding carboxylic acids is 1. The van der Waals surface area contributed by atoms with Gasteiger partial charge in [0.1, 0.15) is 17.8 Å². The van der Waals surface area contributed by atoms with Crippen molar-refractivity contribution in [3.8, 4) is 0 Å². The number of hydrogen-bond donors (Lipinski definition) is 0. The fraction of sp³-hybridized carbons (Fsp3) is 0.579. The van der Waals surface area contributed by atoms with Crippen molar-refractivity contribution in [2.24, 2.45) is 7.05 Å². The molecule has 4 rings (SSSR count). The molecule has 0 bridgehead atoms. The number of aryl methyl sites for hydroxylation is 1. The first-order chi connectivity index (χ1) is 12.7. The molecule has 140 valence electrons. The average Bonchev–Trinajstić information content (AvgIpc) is 3.31. The zero-order chi connectivity index (χ0) is 17.9. The maximum absolute atomic E-state index is 12.9. The lowest BCUT2D eigenvalue weighted by molar-refractivity contribution is 0.0313. The smallest absolute Gasteiger partial charge is 0.257 e. The summed E-state index contributed by atoms with van der Waals surface area (Å²) in [5, 5.41) is 0. The zero-order valence-corrected chi connectivity index (χ0v) is 15.3. The van der Waals surface area contributed by atoms with Gasteiger partial charge in [-0.25, -0.2) is 4.98 Å². The van der Waals surface area contributed by atoms with Crippen LogP contribution in [0.5, 0.6) is 0 Å². The lowest BCUT2D eigenvalue weighted by Crippen LogP contribution is -2.39. The maximum Gasteiger partial charge on any atom is 0.257 e. The normalized spacial score (nSPS) is 21.9. The molecular formula is C19H26N4O3. The Bertz CT molecular complexity index is 748. The van der Waals surface area contributed by atoms with Gasteiger partial charge in [0, 0.05) is 51.5 Å². The van der Waals surface area contributed by atoms with Crippen LogP contribution in [0.1, 0.15) is 40.7 Å². The van der Waals surface area contributed by atoms with Gasteiger partial charge in [-0.05, 0) is 18.9 Å². The van der Waals surface area contributed by atoms with Crippen LogP contribution in [0.3, 0.4) is 0 Å². The zero-order valence-electron chi connectivity index (χ0n) is 15.3. The number of furan rings is 1. The van der Waals surface area contributed by atoms with E-state index in [0.717, 1.165) is 63.8 Å². The van der Waals surface area contributed by atoms with Crippen LogP contribution in [0.4, 0.5) is 0 Å². The highest BCUT2D eigenvalue weighted by atomic mass is 16.5. The minimum Gasteiger partial charge on any atom is -0.467 e. The van der Waals surface area contributed by atoms with Gasteiger partial charge in [0.2, 0.25) is 0 Å². The van der Waals surface area contributed by atoms with Crippen molar-refractivity contribution >= 4 is 5.91 Å². The Labute approximate surface area is 153 Å². The third-order valence-electron chi connectivity index (χ3n) is 5.32. The monoisotopic (exact) mass is 358 g/mol. The van der Waals surface area contributed by atoms with Gasteiger partial charge in [-0.2, -0.15) is 0 Å². The van der Waals surface area contributed by atoms with Crippen LogP contribution < -0.4 is 0 Å². The van der Waals surface area contributed by atoms with Gasteiger partial charge in [0.15, 0.2) is 0 Å². The van der Waals surface area contributed by atoms with Crippen molar-refractivity contribution < 1.29 is 13.9 Å². The van der Waals surface area contributed by atoms with Gasteiger partial charge in [-0.3, -0.25) is 9.69 Å². The Balaban J connectivity index is 1.40. The lowest BCUT2D eigenvalue weighted by atomic mass is 9.96. The molecule has 1 unspecified atom stereocenters. The molecule has 2 aliphatic heterocycles. The first-order valence-electron chi connectivity index (χ1n) is 9.34. The van der Waals surface area contributed by atoms with E-state index in [9.17, 15) is 4.79 Å². The largest absolute Gasteiger partial charge is 0.467 e. The molecule has 0 radical (unpaired) electrons. The summed E-state index contributed by atoms with van der Waals surface area (Å²) in [6.45, 7) is 5.57. The highest BCUT2D eigenvalue weighted by molar-refractivity contribution is 5.94. The van der Waals surface area contributed by atoms with Gasteiger partial charge in [0.05, 0.1) is 25.3 Å². The minimum absolute atomic E-state index is 0.0564. The summed E-state index contributed by atoms with van der Waals surface area (Å²) in [5.41, 5.74) is 0.647. The van der Waals surface area contributed by atoms with Gasteiger partial charge in [-0.1, -0.05) is 0 Å². The van der Waals surface area contributed by atoms with Crippen LogP contribution in [-0.2, 0) is 18.3 Å². The molecule has 7 nitrogen and oxygen atoms in total. The van der Waals surface area contributed by atoms with Gasteiger partial charge in [-0.15, -0.1) is 0 Å². The van der Waals surface area contributed by atoms with Crippen molar-refractivity contribution in [3.63, 3.8) is 0 Å². The first-order valence-corrected chi connectivity index (χ1v) is 9.34. The van der Waals surface area contributed by atoms with E-state index in [-0.39, 0.29) is 5.91 Å². The Morgan fingerprint density at radius 2 is 2.15 bits per heavy atom. The van der Waals surface area contributed by atoms with Crippen LogP contribution in [-0.4, -0.2) is 64.7 Å². The number of nitrogens with zero attached hydrogens (tertiary/aromatic N) is 4. The molecule has 0 aliphatic carbocycles. The highest BCUT2D eigenvalue weighted by Gasteiger charge is 2.28. The number of piperidine rings is 1. The van der Waals surface area contributed by atoms with Crippen molar-refractivity contribution in [1.29, 1.82) is 0 Å². The summed E-state index contributed by atoms with van der Waals surface area (Å²) in [7, 11) is 2.01. The fourth-order valence-corrected chi connectivity index (χ4v) is 3.88. The number of imidazole rings is 1. The molecule has 2 aromatic heterocycles. The Hall–Kier alpha value is -2.12. The van der Waals surface area contributed by atoms with Crippen LogP contribution in [0.25, 0.3) is 0 Å². The van der Waals surface area contributed by atoms with E-state index in [4.69, 9.17) is 9.15 Å². The minimum atomic E-state index is 0.0564. The number of morpholine rings is 1. The van der Waals surface area contributed by atoms with Gasteiger partial charge in [0.25, 0.3) is 5.91 Å². The Morgan fingerprint density at radius 1 is 1.31 bits per heavy atom. The van der Waals surface area contributed by atoms with Crippen molar-refractivity contribution in [1.82, 2.24) is 19.4 Å². The van der Waals surface area contributed by atoms with Crippen LogP contribution in [0.15, 0.2) is 29.1 Å². The van der Waals surface area contributed by atoms with Gasteiger partial charge < -0.3 is 18.6 Å². The lowest BCUT2D eigenvalue weighted by Gasteiger charge is -2.32. The van der Waals surface area contributed by atoms with E-state index < -0.39 is 0 Å². The third kappa shape index (κ3) is 3.68. The number of hydrogen-bond acceptors (Lipinski definition) is 5. The molecule has 4 heterocycles. The average molecular weight is 358 g/mol. The number of amides is 1. The molecule has 0 saturated carbocycles. The van der Waals surface area contributed by atoms with Crippen molar-refractivity contribution in [2.75, 3.05) is 39.4 Å². The first kappa shape index (κ1) is 17.3. The van der Waals surface area contributed by atoms with E-state index in [1.165, 1.54) is 0 Å². The van der Waals surface area contributed by atoms with Crippen LogP contribution in [0, 0.1) is 0 Å². The predicted molar refractivity (Wildman–Crippen MR) is 95.9 cm³/mol. The summed E-state index contributed by atoms with van der Waals surface area (Å²) in [6, 6.07) is 1.89. The number of ether oxygens (including phenoxy) is 1. The molecule has 2 saturated heterocycles. The third-order valence-corrected chi connectivity index (χ3v) is 5.32. The van der Waals surface area contributed by atoms with Crippen LogP contribution in [0.2, 0.25) is 0 Å². The molecule has 1 atom stereocenters. The van der Waals surface area contributed by atoms with E-state index in [0.29, 0.717) is 18.0 Å². The summed E-state index contributed by atoms with van der Waals surface area (Å²) in [5.74, 6) is 2.25.